The van der Waals surface area contributed by atoms with E-state index in [1.165, 1.54) is 12.8 Å². The SMILES string of the molecule is CC1CCC(c2nnc(C(F)F)s2)CC1. The number of aromatic nitrogens is 2. The second-order valence-corrected chi connectivity index (χ2v) is 5.28. The van der Waals surface area contributed by atoms with Crippen molar-refractivity contribution in [1.82, 2.24) is 10.2 Å². The van der Waals surface area contributed by atoms with Gasteiger partial charge in [0.25, 0.3) is 6.43 Å². The number of nitrogens with zero attached hydrogens (tertiary/aromatic N) is 2. The molecule has 2 rings (SSSR count). The van der Waals surface area contributed by atoms with Crippen LogP contribution in [0.5, 0.6) is 0 Å². The van der Waals surface area contributed by atoms with Crippen molar-refractivity contribution in [3.63, 3.8) is 0 Å². The molecule has 0 spiro atoms. The maximum atomic E-state index is 12.3. The lowest BCUT2D eigenvalue weighted by atomic mass is 9.83. The Bertz CT molecular complexity index is 319. The molecule has 0 atom stereocenters. The van der Waals surface area contributed by atoms with Crippen molar-refractivity contribution in [1.29, 1.82) is 0 Å². The summed E-state index contributed by atoms with van der Waals surface area (Å²) in [7, 11) is 0. The van der Waals surface area contributed by atoms with E-state index in [9.17, 15) is 8.78 Å². The van der Waals surface area contributed by atoms with Crippen LogP contribution < -0.4 is 0 Å². The third kappa shape index (κ3) is 2.51. The van der Waals surface area contributed by atoms with Gasteiger partial charge in [-0.15, -0.1) is 10.2 Å². The van der Waals surface area contributed by atoms with Crippen molar-refractivity contribution in [3.05, 3.63) is 10.0 Å². The Balaban J connectivity index is 2.03. The van der Waals surface area contributed by atoms with Crippen LogP contribution in [-0.2, 0) is 0 Å². The predicted molar refractivity (Wildman–Crippen MR) is 55.2 cm³/mol. The number of alkyl halides is 2. The summed E-state index contributed by atoms with van der Waals surface area (Å²) in [5.41, 5.74) is 0. The minimum atomic E-state index is -2.47. The molecule has 1 saturated carbocycles. The van der Waals surface area contributed by atoms with Crippen LogP contribution in [0.2, 0.25) is 0 Å². The Kier molecular flexibility index (Phi) is 3.29. The van der Waals surface area contributed by atoms with Gasteiger partial charge in [-0.05, 0) is 18.8 Å². The summed E-state index contributed by atoms with van der Waals surface area (Å²) in [4.78, 5) is 0. The lowest BCUT2D eigenvalue weighted by Gasteiger charge is -2.23. The molecule has 0 unspecified atom stereocenters. The molecule has 0 amide bonds. The third-order valence-electron chi connectivity index (χ3n) is 3.01. The van der Waals surface area contributed by atoms with E-state index in [0.29, 0.717) is 5.92 Å². The summed E-state index contributed by atoms with van der Waals surface area (Å²) < 4.78 is 24.6. The van der Waals surface area contributed by atoms with E-state index in [1.807, 2.05) is 0 Å². The van der Waals surface area contributed by atoms with E-state index >= 15 is 0 Å². The average Bonchev–Trinajstić information content (AvgIpc) is 2.68. The van der Waals surface area contributed by atoms with Crippen LogP contribution in [0.4, 0.5) is 8.78 Å². The molecule has 2 nitrogen and oxygen atoms in total. The van der Waals surface area contributed by atoms with Gasteiger partial charge in [-0.3, -0.25) is 0 Å². The number of rotatable bonds is 2. The summed E-state index contributed by atoms with van der Waals surface area (Å²) in [5, 5.41) is 8.07. The first kappa shape index (κ1) is 10.9. The molecule has 0 aromatic carbocycles. The summed E-state index contributed by atoms with van der Waals surface area (Å²) in [6, 6.07) is 0. The van der Waals surface area contributed by atoms with Crippen molar-refractivity contribution < 1.29 is 8.78 Å². The fraction of sp³-hybridized carbons (Fsp3) is 0.800. The summed E-state index contributed by atoms with van der Waals surface area (Å²) >= 11 is 1.08. The van der Waals surface area contributed by atoms with Gasteiger partial charge < -0.3 is 0 Å². The van der Waals surface area contributed by atoms with E-state index in [1.54, 1.807) is 0 Å². The smallest absolute Gasteiger partial charge is 0.202 e. The van der Waals surface area contributed by atoms with Crippen LogP contribution in [-0.4, -0.2) is 10.2 Å². The molecule has 5 heteroatoms. The highest BCUT2D eigenvalue weighted by atomic mass is 32.1. The molecule has 0 radical (unpaired) electrons. The molecule has 0 aliphatic heterocycles. The van der Waals surface area contributed by atoms with E-state index in [2.05, 4.69) is 17.1 Å². The monoisotopic (exact) mass is 232 g/mol. The van der Waals surface area contributed by atoms with Crippen LogP contribution in [0.15, 0.2) is 0 Å². The van der Waals surface area contributed by atoms with Crippen LogP contribution in [0.1, 0.15) is 55.0 Å². The van der Waals surface area contributed by atoms with Gasteiger partial charge in [-0.2, -0.15) is 0 Å². The molecule has 1 aromatic rings. The lowest BCUT2D eigenvalue weighted by Crippen LogP contribution is -2.10. The van der Waals surface area contributed by atoms with Gasteiger partial charge in [-0.1, -0.05) is 31.1 Å². The summed E-state index contributed by atoms with van der Waals surface area (Å²) in [6.45, 7) is 2.24. The molecule has 0 bridgehead atoms. The van der Waals surface area contributed by atoms with Gasteiger partial charge in [0.15, 0.2) is 5.01 Å². The first-order valence-electron chi connectivity index (χ1n) is 5.28. The second-order valence-electron chi connectivity index (χ2n) is 4.24. The quantitative estimate of drug-likeness (QED) is 0.775. The zero-order chi connectivity index (χ0) is 10.8. The maximum absolute atomic E-state index is 12.3. The van der Waals surface area contributed by atoms with Crippen LogP contribution in [0.25, 0.3) is 0 Å². The zero-order valence-electron chi connectivity index (χ0n) is 8.62. The second kappa shape index (κ2) is 4.51. The number of halogens is 2. The first-order valence-corrected chi connectivity index (χ1v) is 6.10. The molecule has 1 aromatic heterocycles. The van der Waals surface area contributed by atoms with E-state index in [0.717, 1.165) is 35.1 Å². The van der Waals surface area contributed by atoms with Crippen molar-refractivity contribution in [3.8, 4) is 0 Å². The fourth-order valence-corrected chi connectivity index (χ4v) is 2.88. The summed E-state index contributed by atoms with van der Waals surface area (Å²) in [5.74, 6) is 1.13. The molecule has 0 N–H and O–H groups in total. The van der Waals surface area contributed by atoms with E-state index < -0.39 is 6.43 Å². The molecule has 1 fully saturated rings. The third-order valence-corrected chi connectivity index (χ3v) is 4.10. The van der Waals surface area contributed by atoms with Gasteiger partial charge in [0, 0.05) is 5.92 Å². The average molecular weight is 232 g/mol. The Labute approximate surface area is 91.7 Å². The topological polar surface area (TPSA) is 25.8 Å². The van der Waals surface area contributed by atoms with Crippen molar-refractivity contribution in [2.75, 3.05) is 0 Å². The van der Waals surface area contributed by atoms with Gasteiger partial charge in [0.2, 0.25) is 0 Å². The van der Waals surface area contributed by atoms with Gasteiger partial charge in [-0.25, -0.2) is 8.78 Å². The largest absolute Gasteiger partial charge is 0.291 e. The Hall–Kier alpha value is -0.580. The lowest BCUT2D eigenvalue weighted by molar-refractivity contribution is 0.150. The van der Waals surface area contributed by atoms with Crippen molar-refractivity contribution in [2.24, 2.45) is 5.92 Å². The summed E-state index contributed by atoms with van der Waals surface area (Å²) in [6.07, 6.45) is 2.01. The maximum Gasteiger partial charge on any atom is 0.291 e. The minimum absolute atomic E-state index is 0.136. The van der Waals surface area contributed by atoms with Crippen molar-refractivity contribution >= 4 is 11.3 Å². The Morgan fingerprint density at radius 2 is 1.87 bits per heavy atom. The van der Waals surface area contributed by atoms with Crippen molar-refractivity contribution in [2.45, 2.75) is 45.0 Å². The standard InChI is InChI=1S/C10H14F2N2S/c1-6-2-4-7(5-3-6)9-13-14-10(15-9)8(11)12/h6-8H,2-5H2,1H3. The Morgan fingerprint density at radius 3 is 2.40 bits per heavy atom. The molecule has 1 aliphatic rings. The molecular weight excluding hydrogens is 218 g/mol. The normalized spacial score (nSPS) is 27.2. The molecule has 84 valence electrons. The molecule has 1 aliphatic carbocycles. The molecule has 1 heterocycles. The van der Waals surface area contributed by atoms with Crippen LogP contribution in [0, 0.1) is 5.92 Å². The molecule has 15 heavy (non-hydrogen) atoms. The Morgan fingerprint density at radius 1 is 1.20 bits per heavy atom. The molecular formula is C10H14F2N2S. The first-order chi connectivity index (χ1) is 7.16. The minimum Gasteiger partial charge on any atom is -0.202 e. The predicted octanol–water partition coefficient (Wildman–Crippen LogP) is 3.77. The zero-order valence-corrected chi connectivity index (χ0v) is 9.44. The van der Waals surface area contributed by atoms with Gasteiger partial charge in [0.1, 0.15) is 5.01 Å². The van der Waals surface area contributed by atoms with E-state index in [-0.39, 0.29) is 5.01 Å². The molecule has 0 saturated heterocycles. The van der Waals surface area contributed by atoms with Crippen LogP contribution in [0.3, 0.4) is 0 Å². The van der Waals surface area contributed by atoms with Crippen LogP contribution >= 0.6 is 11.3 Å². The number of hydrogen-bond acceptors (Lipinski definition) is 3. The van der Waals surface area contributed by atoms with E-state index in [4.69, 9.17) is 0 Å². The highest BCUT2D eigenvalue weighted by Gasteiger charge is 2.24. The highest BCUT2D eigenvalue weighted by molar-refractivity contribution is 7.11. The number of hydrogen-bond donors (Lipinski definition) is 0. The highest BCUT2D eigenvalue weighted by Crippen LogP contribution is 2.37. The fourth-order valence-electron chi connectivity index (χ4n) is 2.01. The van der Waals surface area contributed by atoms with Gasteiger partial charge >= 0.3 is 0 Å². The van der Waals surface area contributed by atoms with Gasteiger partial charge in [0.05, 0.1) is 0 Å².